The molecule has 1 fully saturated rings. The van der Waals surface area contributed by atoms with Gasteiger partial charge in [0, 0.05) is 5.69 Å². The van der Waals surface area contributed by atoms with Crippen molar-refractivity contribution in [1.29, 1.82) is 0 Å². The molecule has 2 rings (SSSR count). The molecule has 0 aromatic heterocycles. The van der Waals surface area contributed by atoms with Crippen LogP contribution in [0, 0.1) is 0 Å². The molecule has 1 heterocycles. The van der Waals surface area contributed by atoms with Gasteiger partial charge in [-0.25, -0.2) is 0 Å². The number of carbonyl (C=O) groups excluding carboxylic acids is 2. The normalized spacial score (nSPS) is 20.0. The van der Waals surface area contributed by atoms with Gasteiger partial charge in [0.25, 0.3) is 0 Å². The maximum Gasteiger partial charge on any atom is 0.416 e. The summed E-state index contributed by atoms with van der Waals surface area (Å²) in [4.78, 5) is 24.8. The molecule has 0 bridgehead atoms. The van der Waals surface area contributed by atoms with Gasteiger partial charge in [-0.3, -0.25) is 14.5 Å². The van der Waals surface area contributed by atoms with Crippen molar-refractivity contribution in [2.24, 2.45) is 0 Å². The summed E-state index contributed by atoms with van der Waals surface area (Å²) >= 11 is 0. The fourth-order valence-corrected chi connectivity index (χ4v) is 2.16. The first-order chi connectivity index (χ1) is 9.34. The smallest absolute Gasteiger partial charge is 0.345 e. The molecule has 4 nitrogen and oxygen atoms in total. The molecule has 1 aliphatic rings. The Morgan fingerprint density at radius 1 is 1.25 bits per heavy atom. The molecule has 1 saturated heterocycles. The van der Waals surface area contributed by atoms with E-state index >= 15 is 0 Å². The summed E-state index contributed by atoms with van der Waals surface area (Å²) in [5.74, 6) is -0.636. The first-order valence-electron chi connectivity index (χ1n) is 6.11. The fraction of sp³-hybridized carbons (Fsp3) is 0.385. The Morgan fingerprint density at radius 3 is 2.35 bits per heavy atom. The highest BCUT2D eigenvalue weighted by molar-refractivity contribution is 6.06. The Morgan fingerprint density at radius 2 is 1.85 bits per heavy atom. The summed E-state index contributed by atoms with van der Waals surface area (Å²) in [5.41, 5.74) is -0.493. The number of amides is 2. The van der Waals surface area contributed by atoms with Gasteiger partial charge in [-0.05, 0) is 30.7 Å². The summed E-state index contributed by atoms with van der Waals surface area (Å²) in [6.07, 6.45) is -4.04. The van der Waals surface area contributed by atoms with Crippen LogP contribution in [0.4, 0.5) is 18.9 Å². The van der Waals surface area contributed by atoms with Crippen LogP contribution in [0.2, 0.25) is 0 Å². The number of anilines is 1. The molecule has 1 aromatic carbocycles. The minimum absolute atomic E-state index is 0.143. The van der Waals surface area contributed by atoms with Crippen molar-refractivity contribution in [2.75, 3.05) is 11.4 Å². The zero-order valence-corrected chi connectivity index (χ0v) is 10.7. The molecular formula is C13H13F3N2O2. The molecule has 2 amide bonds. The van der Waals surface area contributed by atoms with Crippen LogP contribution in [0.1, 0.15) is 18.9 Å². The number of halogens is 3. The summed E-state index contributed by atoms with van der Waals surface area (Å²) < 4.78 is 37.5. The first kappa shape index (κ1) is 14.4. The number of carbonyl (C=O) groups is 2. The van der Waals surface area contributed by atoms with Gasteiger partial charge in [-0.2, -0.15) is 13.2 Å². The highest BCUT2D eigenvalue weighted by Gasteiger charge is 2.35. The molecule has 7 heteroatoms. The zero-order chi connectivity index (χ0) is 14.9. The molecule has 0 radical (unpaired) electrons. The van der Waals surface area contributed by atoms with Crippen LogP contribution < -0.4 is 10.2 Å². The molecule has 1 N–H and O–H groups in total. The van der Waals surface area contributed by atoms with E-state index in [1.807, 2.05) is 0 Å². The molecular weight excluding hydrogens is 273 g/mol. The third kappa shape index (κ3) is 2.61. The average molecular weight is 286 g/mol. The van der Waals surface area contributed by atoms with E-state index in [4.69, 9.17) is 0 Å². The number of nitrogens with zero attached hydrogens (tertiary/aromatic N) is 1. The highest BCUT2D eigenvalue weighted by atomic mass is 19.4. The maximum absolute atomic E-state index is 12.5. The average Bonchev–Trinajstić information content (AvgIpc) is 2.40. The van der Waals surface area contributed by atoms with Gasteiger partial charge >= 0.3 is 6.18 Å². The molecule has 108 valence electrons. The first-order valence-corrected chi connectivity index (χ1v) is 6.11. The lowest BCUT2D eigenvalue weighted by Crippen LogP contribution is -2.58. The van der Waals surface area contributed by atoms with E-state index in [2.05, 4.69) is 5.32 Å². The van der Waals surface area contributed by atoms with Crippen LogP contribution in [-0.4, -0.2) is 24.4 Å². The number of hydrogen-bond acceptors (Lipinski definition) is 2. The van der Waals surface area contributed by atoms with Crippen molar-refractivity contribution in [3.05, 3.63) is 29.8 Å². The topological polar surface area (TPSA) is 49.4 Å². The van der Waals surface area contributed by atoms with E-state index in [0.717, 1.165) is 12.1 Å². The summed E-state index contributed by atoms with van der Waals surface area (Å²) in [7, 11) is 0. The zero-order valence-electron chi connectivity index (χ0n) is 10.7. The van der Waals surface area contributed by atoms with E-state index in [1.54, 1.807) is 6.92 Å². The van der Waals surface area contributed by atoms with Gasteiger partial charge in [0.1, 0.15) is 6.04 Å². The van der Waals surface area contributed by atoms with Crippen molar-refractivity contribution < 1.29 is 22.8 Å². The fourth-order valence-electron chi connectivity index (χ4n) is 2.16. The SMILES string of the molecule is CCC1C(=O)NCC(=O)N1c1ccc(C(F)(F)F)cc1. The predicted octanol–water partition coefficient (Wildman–Crippen LogP) is 1.95. The minimum Gasteiger partial charge on any atom is -0.345 e. The Kier molecular flexibility index (Phi) is 3.69. The van der Waals surface area contributed by atoms with Crippen molar-refractivity contribution in [1.82, 2.24) is 5.32 Å². The van der Waals surface area contributed by atoms with Gasteiger partial charge in [-0.1, -0.05) is 6.92 Å². The van der Waals surface area contributed by atoms with E-state index in [0.29, 0.717) is 12.1 Å². The third-order valence-electron chi connectivity index (χ3n) is 3.16. The molecule has 1 aliphatic heterocycles. The molecule has 0 aliphatic carbocycles. The third-order valence-corrected chi connectivity index (χ3v) is 3.16. The van der Waals surface area contributed by atoms with E-state index < -0.39 is 17.8 Å². The second kappa shape index (κ2) is 5.15. The molecule has 1 unspecified atom stereocenters. The second-order valence-electron chi connectivity index (χ2n) is 4.45. The Balaban J connectivity index is 2.33. The molecule has 0 saturated carbocycles. The van der Waals surface area contributed by atoms with Crippen LogP contribution in [0.15, 0.2) is 24.3 Å². The van der Waals surface area contributed by atoms with Crippen LogP contribution in [-0.2, 0) is 15.8 Å². The Bertz CT molecular complexity index is 525. The van der Waals surface area contributed by atoms with Crippen molar-refractivity contribution in [3.8, 4) is 0 Å². The number of rotatable bonds is 2. The quantitative estimate of drug-likeness (QED) is 0.903. The predicted molar refractivity (Wildman–Crippen MR) is 66.0 cm³/mol. The van der Waals surface area contributed by atoms with Crippen LogP contribution in [0.5, 0.6) is 0 Å². The lowest BCUT2D eigenvalue weighted by molar-refractivity contribution is -0.137. The van der Waals surface area contributed by atoms with E-state index in [1.165, 1.54) is 17.0 Å². The van der Waals surface area contributed by atoms with Gasteiger partial charge in [0.2, 0.25) is 11.8 Å². The van der Waals surface area contributed by atoms with E-state index in [-0.39, 0.29) is 18.4 Å². The standard InChI is InChI=1S/C13H13F3N2O2/c1-2-10-12(20)17-7-11(19)18(10)9-5-3-8(4-6-9)13(14,15)16/h3-6,10H,2,7H2,1H3,(H,17,20). The molecule has 1 atom stereocenters. The lowest BCUT2D eigenvalue weighted by Gasteiger charge is -2.34. The van der Waals surface area contributed by atoms with Crippen molar-refractivity contribution >= 4 is 17.5 Å². The highest BCUT2D eigenvalue weighted by Crippen LogP contribution is 2.31. The van der Waals surface area contributed by atoms with Crippen molar-refractivity contribution in [2.45, 2.75) is 25.6 Å². The van der Waals surface area contributed by atoms with Crippen LogP contribution >= 0.6 is 0 Å². The number of piperazine rings is 1. The molecule has 20 heavy (non-hydrogen) atoms. The van der Waals surface area contributed by atoms with Crippen LogP contribution in [0.25, 0.3) is 0 Å². The number of nitrogens with one attached hydrogen (secondary N) is 1. The monoisotopic (exact) mass is 286 g/mol. The van der Waals surface area contributed by atoms with Crippen LogP contribution in [0.3, 0.4) is 0 Å². The summed E-state index contributed by atoms with van der Waals surface area (Å²) in [5, 5.41) is 2.46. The number of alkyl halides is 3. The second-order valence-corrected chi connectivity index (χ2v) is 4.45. The largest absolute Gasteiger partial charge is 0.416 e. The Hall–Kier alpha value is -2.05. The summed E-state index contributed by atoms with van der Waals surface area (Å²) in [6.45, 7) is 1.59. The van der Waals surface area contributed by atoms with Gasteiger partial charge < -0.3 is 5.32 Å². The van der Waals surface area contributed by atoms with Gasteiger partial charge in [0.05, 0.1) is 12.1 Å². The maximum atomic E-state index is 12.5. The number of hydrogen-bond donors (Lipinski definition) is 1. The van der Waals surface area contributed by atoms with Crippen molar-refractivity contribution in [3.63, 3.8) is 0 Å². The van der Waals surface area contributed by atoms with Gasteiger partial charge in [-0.15, -0.1) is 0 Å². The number of benzene rings is 1. The Labute approximate surface area is 113 Å². The molecule has 1 aromatic rings. The van der Waals surface area contributed by atoms with Gasteiger partial charge in [0.15, 0.2) is 0 Å². The van der Waals surface area contributed by atoms with E-state index in [9.17, 15) is 22.8 Å². The minimum atomic E-state index is -4.42. The molecule has 0 spiro atoms. The lowest BCUT2D eigenvalue weighted by atomic mass is 10.1. The summed E-state index contributed by atoms with van der Waals surface area (Å²) in [6, 6.07) is 3.54.